The van der Waals surface area contributed by atoms with Crippen LogP contribution < -0.4 is 5.32 Å². The molecule has 0 aromatic heterocycles. The minimum Gasteiger partial charge on any atom is -0.444 e. The number of Topliss-reactive ketones (excluding diaryl/α,β-unsaturated/α-hetero) is 1. The summed E-state index contributed by atoms with van der Waals surface area (Å²) in [6, 6.07) is 6.48. The minimum atomic E-state index is -0.778. The number of carbonyl (C=O) groups is 3. The Balaban J connectivity index is 2.05. The number of ether oxygens (including phenoxy) is 1. The first kappa shape index (κ1) is 23.5. The van der Waals surface area contributed by atoms with Gasteiger partial charge in [0.05, 0.1) is 6.10 Å². The number of likely N-dealkylation sites (tertiary alicyclic amines) is 1. The zero-order valence-corrected chi connectivity index (χ0v) is 18.0. The predicted octanol–water partition coefficient (Wildman–Crippen LogP) is 3.17. The van der Waals surface area contributed by atoms with Gasteiger partial charge < -0.3 is 9.64 Å². The summed E-state index contributed by atoms with van der Waals surface area (Å²) in [5, 5.41) is 22.0. The molecule has 0 saturated carbocycles. The van der Waals surface area contributed by atoms with Crippen molar-refractivity contribution in [2.24, 2.45) is 5.92 Å². The molecule has 1 saturated heterocycles. The number of amidine groups is 1. The topological polar surface area (TPSA) is 119 Å². The van der Waals surface area contributed by atoms with E-state index in [0.29, 0.717) is 25.9 Å². The number of nitrogens with zero attached hydrogens (tertiary/aromatic N) is 1. The van der Waals surface area contributed by atoms with E-state index in [0.717, 1.165) is 0 Å². The van der Waals surface area contributed by atoms with Crippen LogP contribution in [0.2, 0.25) is 0 Å². The molecule has 1 unspecified atom stereocenters. The number of rotatable bonds is 5. The largest absolute Gasteiger partial charge is 0.444 e. The molecule has 30 heavy (non-hydrogen) atoms. The van der Waals surface area contributed by atoms with Crippen LogP contribution in [-0.4, -0.2) is 53.3 Å². The van der Waals surface area contributed by atoms with Crippen LogP contribution >= 0.6 is 0 Å². The summed E-state index contributed by atoms with van der Waals surface area (Å²) in [5.41, 5.74) is -0.188. The third-order valence-electron chi connectivity index (χ3n) is 4.79. The van der Waals surface area contributed by atoms with E-state index >= 15 is 0 Å². The van der Waals surface area contributed by atoms with Crippen molar-refractivity contribution in [1.29, 1.82) is 5.41 Å². The quantitative estimate of drug-likeness (QED) is 0.435. The van der Waals surface area contributed by atoms with Crippen LogP contribution in [0.1, 0.15) is 62.9 Å². The molecule has 1 heterocycles. The Bertz CT molecular complexity index is 807. The van der Waals surface area contributed by atoms with Crippen LogP contribution in [0.4, 0.5) is 4.79 Å². The van der Waals surface area contributed by atoms with Gasteiger partial charge in [-0.2, -0.15) is 0 Å². The Morgan fingerprint density at radius 1 is 1.17 bits per heavy atom. The van der Waals surface area contributed by atoms with Gasteiger partial charge in [0.25, 0.3) is 0 Å². The molecule has 0 spiro atoms. The van der Waals surface area contributed by atoms with E-state index in [1.807, 2.05) is 0 Å². The van der Waals surface area contributed by atoms with Gasteiger partial charge >= 0.3 is 6.09 Å². The highest BCUT2D eigenvalue weighted by Gasteiger charge is 2.28. The van der Waals surface area contributed by atoms with Crippen LogP contribution in [0.5, 0.6) is 0 Å². The number of hydrogen-bond donors (Lipinski definition) is 2. The fourth-order valence-electron chi connectivity index (χ4n) is 3.28. The Labute approximate surface area is 177 Å². The predicted molar refractivity (Wildman–Crippen MR) is 111 cm³/mol. The molecule has 2 rings (SSSR count). The van der Waals surface area contributed by atoms with E-state index in [1.165, 1.54) is 0 Å². The van der Waals surface area contributed by atoms with Gasteiger partial charge in [-0.3, -0.25) is 20.3 Å². The lowest BCUT2D eigenvalue weighted by molar-refractivity contribution is -0.137. The molecule has 1 radical (unpaired) electrons. The maximum absolute atomic E-state index is 12.9. The number of hydrogen-bond acceptors (Lipinski definition) is 5. The van der Waals surface area contributed by atoms with Gasteiger partial charge in [-0.25, -0.2) is 9.90 Å². The van der Waals surface area contributed by atoms with E-state index < -0.39 is 23.7 Å². The second-order valence-electron chi connectivity index (χ2n) is 8.60. The minimum absolute atomic E-state index is 0.0210. The molecule has 8 heteroatoms. The first-order chi connectivity index (χ1) is 14.0. The molecule has 0 bridgehead atoms. The van der Waals surface area contributed by atoms with Crippen molar-refractivity contribution >= 4 is 23.6 Å². The lowest BCUT2D eigenvalue weighted by Gasteiger charge is -2.30. The Morgan fingerprint density at radius 3 is 2.30 bits per heavy atom. The highest BCUT2D eigenvalue weighted by molar-refractivity contribution is 6.12. The van der Waals surface area contributed by atoms with Gasteiger partial charge in [-0.1, -0.05) is 31.2 Å². The zero-order valence-electron chi connectivity index (χ0n) is 18.0. The van der Waals surface area contributed by atoms with Crippen molar-refractivity contribution < 1.29 is 24.2 Å². The molecular weight excluding hydrogens is 386 g/mol. The summed E-state index contributed by atoms with van der Waals surface area (Å²) in [6.07, 6.45) is -0.556. The van der Waals surface area contributed by atoms with Crippen molar-refractivity contribution in [2.45, 2.75) is 58.7 Å². The molecule has 2 amide bonds. The van der Waals surface area contributed by atoms with Gasteiger partial charge in [0.1, 0.15) is 11.4 Å². The molecular formula is C22H30N3O5. The molecule has 163 valence electrons. The highest BCUT2D eigenvalue weighted by Crippen LogP contribution is 2.19. The van der Waals surface area contributed by atoms with Crippen LogP contribution in [0.25, 0.3) is 0 Å². The SMILES string of the molecule is CC(CC(=O)c1ccccc1C(=N)NC(=O)OC(C)(C)C)C(=O)N1CCC([O])CC1. The lowest BCUT2D eigenvalue weighted by Crippen LogP contribution is -2.42. The fourth-order valence-corrected chi connectivity index (χ4v) is 3.28. The van der Waals surface area contributed by atoms with E-state index in [4.69, 9.17) is 10.1 Å². The van der Waals surface area contributed by atoms with Gasteiger partial charge in [0.15, 0.2) is 5.78 Å². The average molecular weight is 416 g/mol. The highest BCUT2D eigenvalue weighted by atomic mass is 16.6. The number of carbonyl (C=O) groups excluding carboxylic acids is 3. The summed E-state index contributed by atoms with van der Waals surface area (Å²) < 4.78 is 5.15. The standard InChI is InChI=1S/C22H30N3O5/c1-14(20(28)25-11-9-15(26)10-12-25)13-18(27)16-7-5-6-8-17(16)19(23)24-21(29)30-22(2,3)4/h5-8,14-15H,9-13H2,1-4H3,(H2,23,24,29). The molecule has 1 atom stereocenters. The summed E-state index contributed by atoms with van der Waals surface area (Å²) in [7, 11) is 0. The number of nitrogens with one attached hydrogen (secondary N) is 2. The first-order valence-electron chi connectivity index (χ1n) is 10.1. The Morgan fingerprint density at radius 2 is 1.73 bits per heavy atom. The summed E-state index contributed by atoms with van der Waals surface area (Å²) in [5.74, 6) is -1.22. The summed E-state index contributed by atoms with van der Waals surface area (Å²) in [4.78, 5) is 39.1. The zero-order chi connectivity index (χ0) is 22.5. The normalized spacial score (nSPS) is 16.0. The Kier molecular flexibility index (Phi) is 7.72. The van der Waals surface area contributed by atoms with Gasteiger partial charge in [0.2, 0.25) is 5.91 Å². The number of alkyl carbamates (subject to hydrolysis) is 1. The second kappa shape index (κ2) is 9.84. The molecule has 2 N–H and O–H groups in total. The molecule has 1 aromatic carbocycles. The van der Waals surface area contributed by atoms with E-state index in [1.54, 1.807) is 56.9 Å². The molecule has 1 fully saturated rings. The van der Waals surface area contributed by atoms with Crippen LogP contribution in [-0.2, 0) is 14.6 Å². The van der Waals surface area contributed by atoms with Crippen LogP contribution in [0, 0.1) is 11.3 Å². The van der Waals surface area contributed by atoms with Crippen LogP contribution in [0.15, 0.2) is 24.3 Å². The molecule has 1 aromatic rings. The van der Waals surface area contributed by atoms with Gasteiger partial charge in [-0.15, -0.1) is 0 Å². The number of piperidine rings is 1. The summed E-state index contributed by atoms with van der Waals surface area (Å²) in [6.45, 7) is 7.68. The number of ketones is 1. The molecule has 1 aliphatic rings. The molecule has 8 nitrogen and oxygen atoms in total. The number of amides is 2. The van der Waals surface area contributed by atoms with Gasteiger partial charge in [-0.05, 0) is 33.6 Å². The Hall–Kier alpha value is -2.74. The van der Waals surface area contributed by atoms with E-state index in [-0.39, 0.29) is 35.1 Å². The molecule has 0 aliphatic carbocycles. The maximum atomic E-state index is 12.9. The van der Waals surface area contributed by atoms with E-state index in [9.17, 15) is 19.5 Å². The second-order valence-corrected chi connectivity index (χ2v) is 8.60. The van der Waals surface area contributed by atoms with Crippen molar-refractivity contribution in [3.8, 4) is 0 Å². The smallest absolute Gasteiger partial charge is 0.413 e. The third kappa shape index (κ3) is 6.66. The monoisotopic (exact) mass is 416 g/mol. The summed E-state index contributed by atoms with van der Waals surface area (Å²) >= 11 is 0. The lowest BCUT2D eigenvalue weighted by atomic mass is 9.94. The molecule has 1 aliphatic heterocycles. The average Bonchev–Trinajstić information content (AvgIpc) is 2.66. The van der Waals surface area contributed by atoms with E-state index in [2.05, 4.69) is 5.32 Å². The van der Waals surface area contributed by atoms with Crippen molar-refractivity contribution in [1.82, 2.24) is 10.2 Å². The van der Waals surface area contributed by atoms with Crippen molar-refractivity contribution in [3.05, 3.63) is 35.4 Å². The third-order valence-corrected chi connectivity index (χ3v) is 4.79. The van der Waals surface area contributed by atoms with Crippen molar-refractivity contribution in [2.75, 3.05) is 13.1 Å². The number of benzene rings is 1. The van der Waals surface area contributed by atoms with Crippen molar-refractivity contribution in [3.63, 3.8) is 0 Å². The fraction of sp³-hybridized carbons (Fsp3) is 0.545. The van der Waals surface area contributed by atoms with Gasteiger partial charge in [0, 0.05) is 36.6 Å². The maximum Gasteiger partial charge on any atom is 0.413 e. The van der Waals surface area contributed by atoms with Crippen LogP contribution in [0.3, 0.4) is 0 Å². The first-order valence-corrected chi connectivity index (χ1v) is 10.1.